The lowest BCUT2D eigenvalue weighted by Gasteiger charge is -2.19. The molecule has 0 bridgehead atoms. The topological polar surface area (TPSA) is 119 Å². The van der Waals surface area contributed by atoms with Crippen LogP contribution in [0.25, 0.3) is 0 Å². The molecule has 1 atom stereocenters. The van der Waals surface area contributed by atoms with Crippen molar-refractivity contribution in [2.75, 3.05) is 19.6 Å². The number of hydrogen-bond donors (Lipinski definition) is 2. The van der Waals surface area contributed by atoms with Gasteiger partial charge in [-0.05, 0) is 44.4 Å². The molecule has 0 radical (unpaired) electrons. The van der Waals surface area contributed by atoms with Crippen LogP contribution in [-0.2, 0) is 14.8 Å². The molecule has 0 saturated carbocycles. The minimum atomic E-state index is -3.68. The van der Waals surface area contributed by atoms with Crippen LogP contribution in [0.2, 0.25) is 0 Å². The van der Waals surface area contributed by atoms with Gasteiger partial charge in [-0.2, -0.15) is 4.31 Å². The third-order valence-electron chi connectivity index (χ3n) is 4.14. The zero-order chi connectivity index (χ0) is 19.3. The van der Waals surface area contributed by atoms with Crippen molar-refractivity contribution in [2.45, 2.75) is 44.1 Å². The molecule has 0 unspecified atom stereocenters. The van der Waals surface area contributed by atoms with E-state index >= 15 is 0 Å². The normalized spacial score (nSPS) is 16.2. The average Bonchev–Trinajstić information content (AvgIpc) is 3.15. The lowest BCUT2D eigenvalue weighted by Crippen LogP contribution is -2.37. The molecule has 1 heterocycles. The minimum Gasteiger partial charge on any atom is -0.480 e. The second-order valence-electron chi connectivity index (χ2n) is 6.18. The van der Waals surface area contributed by atoms with Gasteiger partial charge in [0.2, 0.25) is 10.0 Å². The van der Waals surface area contributed by atoms with Crippen LogP contribution in [0.5, 0.6) is 5.75 Å². The molecule has 1 fully saturated rings. The van der Waals surface area contributed by atoms with Gasteiger partial charge in [0.05, 0.1) is 10.5 Å². The molecule has 8 nitrogen and oxygen atoms in total. The second kappa shape index (κ2) is 8.50. The standard InChI is InChI=1S/C17H25N3O5S/c1-3-8-19-17(22)12(2)25-15-7-6-13(11-14(15)16(18)21)26(23,24)20-9-4-5-10-20/h6-7,11-12H,3-5,8-10H2,1-2H3,(H2,18,21)(H,19,22)/t12-/m0/s1. The van der Waals surface area contributed by atoms with Gasteiger partial charge in [0.15, 0.2) is 6.10 Å². The summed E-state index contributed by atoms with van der Waals surface area (Å²) in [5.41, 5.74) is 5.32. The van der Waals surface area contributed by atoms with E-state index in [0.717, 1.165) is 19.3 Å². The molecular weight excluding hydrogens is 358 g/mol. The number of hydrogen-bond acceptors (Lipinski definition) is 5. The number of nitrogens with two attached hydrogens (primary N) is 1. The maximum atomic E-state index is 12.6. The summed E-state index contributed by atoms with van der Waals surface area (Å²) < 4.78 is 32.2. The van der Waals surface area contributed by atoms with Crippen molar-refractivity contribution in [2.24, 2.45) is 5.73 Å². The van der Waals surface area contributed by atoms with E-state index in [1.165, 1.54) is 22.5 Å². The molecule has 26 heavy (non-hydrogen) atoms. The quantitative estimate of drug-likeness (QED) is 0.690. The first-order valence-corrected chi connectivity index (χ1v) is 10.1. The van der Waals surface area contributed by atoms with E-state index in [1.54, 1.807) is 6.92 Å². The van der Waals surface area contributed by atoms with Crippen LogP contribution in [0.1, 0.15) is 43.5 Å². The van der Waals surface area contributed by atoms with Crippen LogP contribution >= 0.6 is 0 Å². The van der Waals surface area contributed by atoms with E-state index in [2.05, 4.69) is 5.32 Å². The van der Waals surface area contributed by atoms with Gasteiger partial charge >= 0.3 is 0 Å². The summed E-state index contributed by atoms with van der Waals surface area (Å²) in [6.07, 6.45) is 1.57. The van der Waals surface area contributed by atoms with E-state index in [-0.39, 0.29) is 22.1 Å². The maximum Gasteiger partial charge on any atom is 0.260 e. The fourth-order valence-electron chi connectivity index (χ4n) is 2.68. The van der Waals surface area contributed by atoms with Crippen molar-refractivity contribution < 1.29 is 22.7 Å². The Hall–Kier alpha value is -2.13. The summed E-state index contributed by atoms with van der Waals surface area (Å²) in [6.45, 7) is 4.91. The highest BCUT2D eigenvalue weighted by Crippen LogP contribution is 2.27. The first kappa shape index (κ1) is 20.2. The van der Waals surface area contributed by atoms with E-state index in [0.29, 0.717) is 19.6 Å². The summed E-state index contributed by atoms with van der Waals surface area (Å²) in [4.78, 5) is 23.7. The number of rotatable bonds is 8. The van der Waals surface area contributed by atoms with Gasteiger partial charge < -0.3 is 15.8 Å². The molecule has 0 aliphatic carbocycles. The predicted octanol–water partition coefficient (Wildman–Crippen LogP) is 0.864. The van der Waals surface area contributed by atoms with Gasteiger partial charge in [-0.1, -0.05) is 6.92 Å². The molecule has 0 spiro atoms. The van der Waals surface area contributed by atoms with Crippen molar-refractivity contribution in [1.29, 1.82) is 0 Å². The Labute approximate surface area is 153 Å². The van der Waals surface area contributed by atoms with E-state index < -0.39 is 22.0 Å². The van der Waals surface area contributed by atoms with Gasteiger partial charge in [0.25, 0.3) is 11.8 Å². The fraction of sp³-hybridized carbons (Fsp3) is 0.529. The predicted molar refractivity (Wildman–Crippen MR) is 96.3 cm³/mol. The minimum absolute atomic E-state index is 0.0105. The zero-order valence-corrected chi connectivity index (χ0v) is 15.8. The highest BCUT2D eigenvalue weighted by atomic mass is 32.2. The Bertz CT molecular complexity index is 773. The molecule has 1 aromatic carbocycles. The lowest BCUT2D eigenvalue weighted by molar-refractivity contribution is -0.127. The Morgan fingerprint density at radius 1 is 1.31 bits per heavy atom. The van der Waals surface area contributed by atoms with Crippen molar-refractivity contribution in [3.05, 3.63) is 23.8 Å². The first-order chi connectivity index (χ1) is 12.3. The second-order valence-corrected chi connectivity index (χ2v) is 8.12. The molecule has 2 amide bonds. The van der Waals surface area contributed by atoms with E-state index in [4.69, 9.17) is 10.5 Å². The van der Waals surface area contributed by atoms with Crippen LogP contribution in [-0.4, -0.2) is 50.3 Å². The molecule has 144 valence electrons. The Kier molecular flexibility index (Phi) is 6.60. The van der Waals surface area contributed by atoms with Gasteiger partial charge in [-0.15, -0.1) is 0 Å². The van der Waals surface area contributed by atoms with Crippen LogP contribution in [0.3, 0.4) is 0 Å². The molecule has 1 aliphatic heterocycles. The number of carbonyl (C=O) groups is 2. The zero-order valence-electron chi connectivity index (χ0n) is 15.0. The van der Waals surface area contributed by atoms with Crippen molar-refractivity contribution >= 4 is 21.8 Å². The van der Waals surface area contributed by atoms with E-state index in [9.17, 15) is 18.0 Å². The highest BCUT2D eigenvalue weighted by Gasteiger charge is 2.29. The third-order valence-corrected chi connectivity index (χ3v) is 6.04. The number of amides is 2. The Morgan fingerprint density at radius 3 is 2.54 bits per heavy atom. The van der Waals surface area contributed by atoms with Gasteiger partial charge in [0, 0.05) is 19.6 Å². The molecule has 3 N–H and O–H groups in total. The molecule has 1 aromatic rings. The van der Waals surface area contributed by atoms with Gasteiger partial charge in [-0.3, -0.25) is 9.59 Å². The average molecular weight is 383 g/mol. The van der Waals surface area contributed by atoms with Gasteiger partial charge in [-0.25, -0.2) is 8.42 Å². The number of benzene rings is 1. The summed E-state index contributed by atoms with van der Waals surface area (Å²) >= 11 is 0. The van der Waals surface area contributed by atoms with Crippen LogP contribution < -0.4 is 15.8 Å². The van der Waals surface area contributed by atoms with Crippen molar-refractivity contribution in [1.82, 2.24) is 9.62 Å². The summed E-state index contributed by atoms with van der Waals surface area (Å²) in [5.74, 6) is -1.06. The lowest BCUT2D eigenvalue weighted by atomic mass is 10.2. The number of ether oxygens (including phenoxy) is 1. The van der Waals surface area contributed by atoms with Crippen molar-refractivity contribution in [3.63, 3.8) is 0 Å². The molecule has 9 heteroatoms. The Balaban J connectivity index is 2.26. The summed E-state index contributed by atoms with van der Waals surface area (Å²) in [6, 6.07) is 3.95. The molecular formula is C17H25N3O5S. The molecule has 2 rings (SSSR count). The number of nitrogens with zero attached hydrogens (tertiary/aromatic N) is 1. The molecule has 1 saturated heterocycles. The van der Waals surface area contributed by atoms with Crippen LogP contribution in [0, 0.1) is 0 Å². The Morgan fingerprint density at radius 2 is 1.96 bits per heavy atom. The number of nitrogens with one attached hydrogen (secondary N) is 1. The maximum absolute atomic E-state index is 12.6. The van der Waals surface area contributed by atoms with Gasteiger partial charge in [0.1, 0.15) is 5.75 Å². The summed E-state index contributed by atoms with van der Waals surface area (Å²) in [7, 11) is -3.68. The van der Waals surface area contributed by atoms with Crippen LogP contribution in [0.15, 0.2) is 23.1 Å². The number of primary amides is 1. The fourth-order valence-corrected chi connectivity index (χ4v) is 4.22. The number of carbonyl (C=O) groups excluding carboxylic acids is 2. The molecule has 0 aromatic heterocycles. The van der Waals surface area contributed by atoms with Crippen molar-refractivity contribution in [3.8, 4) is 5.75 Å². The SMILES string of the molecule is CCCNC(=O)[C@H](C)Oc1ccc(S(=O)(=O)N2CCCC2)cc1C(N)=O. The smallest absolute Gasteiger partial charge is 0.260 e. The third kappa shape index (κ3) is 4.53. The molecule has 1 aliphatic rings. The highest BCUT2D eigenvalue weighted by molar-refractivity contribution is 7.89. The van der Waals surface area contributed by atoms with Crippen LogP contribution in [0.4, 0.5) is 0 Å². The van der Waals surface area contributed by atoms with E-state index in [1.807, 2.05) is 6.92 Å². The summed E-state index contributed by atoms with van der Waals surface area (Å²) in [5, 5.41) is 2.69. The first-order valence-electron chi connectivity index (χ1n) is 8.65. The largest absolute Gasteiger partial charge is 0.480 e. The monoisotopic (exact) mass is 383 g/mol. The number of sulfonamides is 1.